The van der Waals surface area contributed by atoms with Crippen LogP contribution >= 0.6 is 0 Å². The number of nitrogen functional groups attached to an aromatic ring is 1. The summed E-state index contributed by atoms with van der Waals surface area (Å²) >= 11 is 0. The van der Waals surface area contributed by atoms with E-state index in [0.29, 0.717) is 24.6 Å². The maximum atomic E-state index is 10.00. The molecule has 1 aromatic carbocycles. The molecule has 0 amide bonds. The minimum absolute atomic E-state index is 0.259. The van der Waals surface area contributed by atoms with Gasteiger partial charge in [0.05, 0.1) is 6.61 Å². The van der Waals surface area contributed by atoms with Gasteiger partial charge in [0.1, 0.15) is 18.5 Å². The summed E-state index contributed by atoms with van der Waals surface area (Å²) in [4.78, 5) is 2.14. The predicted octanol–water partition coefficient (Wildman–Crippen LogP) is 1.37. The van der Waals surface area contributed by atoms with Gasteiger partial charge in [-0.05, 0) is 25.6 Å². The van der Waals surface area contributed by atoms with Gasteiger partial charge in [-0.3, -0.25) is 4.90 Å². The number of hydrogen-bond acceptors (Lipinski definition) is 5. The average molecular weight is 282 g/mol. The predicted molar refractivity (Wildman–Crippen MR) is 81.0 cm³/mol. The van der Waals surface area contributed by atoms with Crippen LogP contribution in [0.5, 0.6) is 5.75 Å². The normalized spacial score (nSPS) is 12.6. The molecule has 0 aromatic heterocycles. The van der Waals surface area contributed by atoms with Crippen LogP contribution in [0.15, 0.2) is 24.3 Å². The zero-order valence-electron chi connectivity index (χ0n) is 12.4. The van der Waals surface area contributed by atoms with E-state index in [4.69, 9.17) is 15.2 Å². The Morgan fingerprint density at radius 2 is 2.15 bits per heavy atom. The SMILES string of the molecule is CCOCCN(CC)CC(O)COc1cccc(N)c1. The number of nitrogens with two attached hydrogens (primary N) is 1. The first-order chi connectivity index (χ1) is 9.65. The molecule has 1 aromatic rings. The number of hydrogen-bond donors (Lipinski definition) is 2. The van der Waals surface area contributed by atoms with Crippen LogP contribution in [0.25, 0.3) is 0 Å². The standard InChI is InChI=1S/C15H26N2O3/c1-3-17(8-9-19-4-2)11-14(18)12-20-15-7-5-6-13(16)10-15/h5-7,10,14,18H,3-4,8-9,11-12,16H2,1-2H3. The van der Waals surface area contributed by atoms with Crippen molar-refractivity contribution in [2.45, 2.75) is 20.0 Å². The lowest BCUT2D eigenvalue weighted by Crippen LogP contribution is -2.37. The van der Waals surface area contributed by atoms with Gasteiger partial charge in [-0.2, -0.15) is 0 Å². The lowest BCUT2D eigenvalue weighted by atomic mass is 10.3. The maximum absolute atomic E-state index is 10.00. The molecule has 0 aliphatic rings. The van der Waals surface area contributed by atoms with Crippen molar-refractivity contribution < 1.29 is 14.6 Å². The van der Waals surface area contributed by atoms with Gasteiger partial charge in [0, 0.05) is 31.5 Å². The molecule has 1 rings (SSSR count). The third-order valence-electron chi connectivity index (χ3n) is 2.97. The van der Waals surface area contributed by atoms with Crippen molar-refractivity contribution in [1.82, 2.24) is 4.90 Å². The van der Waals surface area contributed by atoms with Gasteiger partial charge in [0.2, 0.25) is 0 Å². The van der Waals surface area contributed by atoms with Gasteiger partial charge in [0.15, 0.2) is 0 Å². The van der Waals surface area contributed by atoms with E-state index in [9.17, 15) is 5.11 Å². The first-order valence-electron chi connectivity index (χ1n) is 7.12. The molecular formula is C15H26N2O3. The Labute approximate surface area is 121 Å². The highest BCUT2D eigenvalue weighted by molar-refractivity contribution is 5.43. The minimum atomic E-state index is -0.530. The molecule has 0 saturated heterocycles. The van der Waals surface area contributed by atoms with E-state index in [1.54, 1.807) is 12.1 Å². The molecule has 0 aliphatic heterocycles. The highest BCUT2D eigenvalue weighted by Gasteiger charge is 2.11. The molecule has 1 atom stereocenters. The molecule has 0 heterocycles. The molecule has 0 saturated carbocycles. The largest absolute Gasteiger partial charge is 0.491 e. The molecule has 5 heteroatoms. The number of rotatable bonds is 10. The Morgan fingerprint density at radius 3 is 2.80 bits per heavy atom. The minimum Gasteiger partial charge on any atom is -0.491 e. The summed E-state index contributed by atoms with van der Waals surface area (Å²) in [7, 11) is 0. The van der Waals surface area contributed by atoms with Crippen molar-refractivity contribution in [3.63, 3.8) is 0 Å². The Balaban J connectivity index is 2.29. The highest BCUT2D eigenvalue weighted by Crippen LogP contribution is 2.14. The van der Waals surface area contributed by atoms with E-state index < -0.39 is 6.10 Å². The number of likely N-dealkylation sites (N-methyl/N-ethyl adjacent to an activating group) is 1. The summed E-state index contributed by atoms with van der Waals surface area (Å²) in [5.41, 5.74) is 6.33. The van der Waals surface area contributed by atoms with E-state index in [1.165, 1.54) is 0 Å². The van der Waals surface area contributed by atoms with Crippen LogP contribution in [0, 0.1) is 0 Å². The van der Waals surface area contributed by atoms with Crippen molar-refractivity contribution in [3.05, 3.63) is 24.3 Å². The molecule has 1 unspecified atom stereocenters. The van der Waals surface area contributed by atoms with E-state index in [-0.39, 0.29) is 6.61 Å². The molecule has 0 spiro atoms. The topological polar surface area (TPSA) is 68.0 Å². The monoisotopic (exact) mass is 282 g/mol. The fourth-order valence-electron chi connectivity index (χ4n) is 1.86. The van der Waals surface area contributed by atoms with Crippen molar-refractivity contribution in [3.8, 4) is 5.75 Å². The average Bonchev–Trinajstić information content (AvgIpc) is 2.44. The molecule has 0 fully saturated rings. The second-order valence-electron chi connectivity index (χ2n) is 4.63. The number of aliphatic hydroxyl groups is 1. The summed E-state index contributed by atoms with van der Waals surface area (Å²) < 4.78 is 10.9. The Bertz CT molecular complexity index is 374. The second-order valence-corrected chi connectivity index (χ2v) is 4.63. The third-order valence-corrected chi connectivity index (χ3v) is 2.97. The Hall–Kier alpha value is -1.30. The van der Waals surface area contributed by atoms with E-state index in [1.807, 2.05) is 19.1 Å². The van der Waals surface area contributed by atoms with Crippen molar-refractivity contribution in [2.75, 3.05) is 45.2 Å². The van der Waals surface area contributed by atoms with Gasteiger partial charge < -0.3 is 20.3 Å². The third kappa shape index (κ3) is 6.75. The number of anilines is 1. The van der Waals surface area contributed by atoms with Crippen molar-refractivity contribution in [2.24, 2.45) is 0 Å². The fraction of sp³-hybridized carbons (Fsp3) is 0.600. The smallest absolute Gasteiger partial charge is 0.121 e. The number of aliphatic hydroxyl groups excluding tert-OH is 1. The van der Waals surface area contributed by atoms with Crippen LogP contribution in [-0.4, -0.2) is 55.6 Å². The Morgan fingerprint density at radius 1 is 1.35 bits per heavy atom. The number of ether oxygens (including phenoxy) is 2. The second kappa shape index (κ2) is 9.58. The number of nitrogens with zero attached hydrogens (tertiary/aromatic N) is 1. The molecule has 5 nitrogen and oxygen atoms in total. The van der Waals surface area contributed by atoms with E-state index in [2.05, 4.69) is 11.8 Å². The molecular weight excluding hydrogens is 256 g/mol. The van der Waals surface area contributed by atoms with Crippen LogP contribution in [0.1, 0.15) is 13.8 Å². The Kier molecular flexibility index (Phi) is 8.02. The van der Waals surface area contributed by atoms with Crippen LogP contribution in [0.4, 0.5) is 5.69 Å². The maximum Gasteiger partial charge on any atom is 0.121 e. The van der Waals surface area contributed by atoms with Gasteiger partial charge in [-0.15, -0.1) is 0 Å². The van der Waals surface area contributed by atoms with Crippen LogP contribution in [0.2, 0.25) is 0 Å². The lowest BCUT2D eigenvalue weighted by molar-refractivity contribution is 0.0537. The molecule has 0 aliphatic carbocycles. The van der Waals surface area contributed by atoms with E-state index >= 15 is 0 Å². The summed E-state index contributed by atoms with van der Waals surface area (Å²) in [6, 6.07) is 7.21. The molecule has 0 bridgehead atoms. The van der Waals surface area contributed by atoms with Gasteiger partial charge in [-0.1, -0.05) is 13.0 Å². The summed E-state index contributed by atoms with van der Waals surface area (Å²) in [5, 5.41) is 10.00. The van der Waals surface area contributed by atoms with E-state index in [0.717, 1.165) is 19.7 Å². The summed E-state index contributed by atoms with van der Waals surface area (Å²) in [6.07, 6.45) is -0.530. The van der Waals surface area contributed by atoms with Crippen LogP contribution < -0.4 is 10.5 Å². The first kappa shape index (κ1) is 16.8. The lowest BCUT2D eigenvalue weighted by Gasteiger charge is -2.23. The molecule has 3 N–H and O–H groups in total. The molecule has 114 valence electrons. The van der Waals surface area contributed by atoms with Crippen molar-refractivity contribution in [1.29, 1.82) is 0 Å². The van der Waals surface area contributed by atoms with Crippen LogP contribution in [0.3, 0.4) is 0 Å². The zero-order chi connectivity index (χ0) is 14.8. The fourth-order valence-corrected chi connectivity index (χ4v) is 1.86. The van der Waals surface area contributed by atoms with Gasteiger partial charge in [0.25, 0.3) is 0 Å². The molecule has 0 radical (unpaired) electrons. The summed E-state index contributed by atoms with van der Waals surface area (Å²) in [5.74, 6) is 0.682. The zero-order valence-corrected chi connectivity index (χ0v) is 12.4. The number of benzene rings is 1. The summed E-state index contributed by atoms with van der Waals surface area (Å²) in [6.45, 7) is 7.98. The quantitative estimate of drug-likeness (QED) is 0.501. The molecule has 20 heavy (non-hydrogen) atoms. The van der Waals surface area contributed by atoms with Crippen molar-refractivity contribution >= 4 is 5.69 Å². The van der Waals surface area contributed by atoms with Gasteiger partial charge >= 0.3 is 0 Å². The van der Waals surface area contributed by atoms with Crippen LogP contribution in [-0.2, 0) is 4.74 Å². The first-order valence-corrected chi connectivity index (χ1v) is 7.12. The highest BCUT2D eigenvalue weighted by atomic mass is 16.5. The van der Waals surface area contributed by atoms with Gasteiger partial charge in [-0.25, -0.2) is 0 Å².